The second-order valence-corrected chi connectivity index (χ2v) is 8.15. The molecule has 4 aromatic rings. The minimum atomic E-state index is -4.47. The molecule has 0 atom stereocenters. The van der Waals surface area contributed by atoms with Crippen LogP contribution in [0.4, 0.5) is 13.2 Å². The van der Waals surface area contributed by atoms with Crippen LogP contribution in [0.1, 0.15) is 5.56 Å². The molecule has 3 aromatic carbocycles. The Kier molecular flexibility index (Phi) is 6.72. The van der Waals surface area contributed by atoms with E-state index >= 15 is 0 Å². The van der Waals surface area contributed by atoms with Gasteiger partial charge in [-0.2, -0.15) is 13.2 Å². The second kappa shape index (κ2) is 9.67. The molecule has 1 heterocycles. The summed E-state index contributed by atoms with van der Waals surface area (Å²) in [7, 11) is 0. The van der Waals surface area contributed by atoms with E-state index in [-0.39, 0.29) is 0 Å². The molecule has 164 valence electrons. The van der Waals surface area contributed by atoms with Gasteiger partial charge in [0.05, 0.1) is 22.9 Å². The van der Waals surface area contributed by atoms with E-state index in [1.807, 2.05) is 30.3 Å². The topological polar surface area (TPSA) is 39.9 Å². The maximum Gasteiger partial charge on any atom is 0.416 e. The number of thioether (sulfide) groups is 1. The maximum absolute atomic E-state index is 13.3. The van der Waals surface area contributed by atoms with Gasteiger partial charge in [0.1, 0.15) is 5.75 Å². The van der Waals surface area contributed by atoms with Crippen molar-refractivity contribution in [1.29, 1.82) is 0 Å². The van der Waals surface area contributed by atoms with Gasteiger partial charge in [0.25, 0.3) is 0 Å². The van der Waals surface area contributed by atoms with Crippen LogP contribution in [0.3, 0.4) is 0 Å². The molecule has 0 saturated carbocycles. The van der Waals surface area contributed by atoms with E-state index in [1.54, 1.807) is 34.9 Å². The molecule has 4 nitrogen and oxygen atoms in total. The van der Waals surface area contributed by atoms with Gasteiger partial charge in [-0.3, -0.25) is 4.57 Å². The van der Waals surface area contributed by atoms with E-state index in [2.05, 4.69) is 10.2 Å². The zero-order valence-electron chi connectivity index (χ0n) is 16.6. The summed E-state index contributed by atoms with van der Waals surface area (Å²) in [6.07, 6.45) is -4.47. The summed E-state index contributed by atoms with van der Waals surface area (Å²) in [5.74, 6) is 1.62. The van der Waals surface area contributed by atoms with E-state index < -0.39 is 11.7 Å². The summed E-state index contributed by atoms with van der Waals surface area (Å²) in [5, 5.41) is 9.33. The highest BCUT2D eigenvalue weighted by atomic mass is 35.5. The Hall–Kier alpha value is -2.97. The number of benzene rings is 3. The van der Waals surface area contributed by atoms with Crippen LogP contribution in [-0.4, -0.2) is 27.1 Å². The van der Waals surface area contributed by atoms with Crippen LogP contribution in [0.2, 0.25) is 5.02 Å². The van der Waals surface area contributed by atoms with Crippen LogP contribution in [0.15, 0.2) is 84.0 Å². The number of ether oxygens (including phenoxy) is 1. The summed E-state index contributed by atoms with van der Waals surface area (Å²) < 4.78 is 47.3. The van der Waals surface area contributed by atoms with Crippen LogP contribution >= 0.6 is 23.4 Å². The van der Waals surface area contributed by atoms with Crippen molar-refractivity contribution in [2.75, 3.05) is 12.4 Å². The Balaban J connectivity index is 1.66. The molecule has 4 rings (SSSR count). The molecule has 9 heteroatoms. The highest BCUT2D eigenvalue weighted by molar-refractivity contribution is 7.99. The molecule has 0 aliphatic heterocycles. The third-order valence-corrected chi connectivity index (χ3v) is 5.73. The fraction of sp³-hybridized carbons (Fsp3) is 0.130. The van der Waals surface area contributed by atoms with Crippen molar-refractivity contribution in [3.8, 4) is 22.8 Å². The first kappa shape index (κ1) is 22.2. The van der Waals surface area contributed by atoms with Crippen molar-refractivity contribution in [2.45, 2.75) is 11.3 Å². The van der Waals surface area contributed by atoms with E-state index in [0.29, 0.717) is 39.6 Å². The SMILES string of the molecule is FC(F)(F)c1cccc(-n2c(SCCOc3ccccc3)nnc2-c2ccccc2Cl)c1. The molecule has 0 radical (unpaired) electrons. The normalized spacial score (nSPS) is 11.5. The first-order valence-electron chi connectivity index (χ1n) is 9.62. The first-order chi connectivity index (χ1) is 15.4. The number of nitrogens with zero attached hydrogens (tertiary/aromatic N) is 3. The fourth-order valence-electron chi connectivity index (χ4n) is 3.04. The zero-order chi connectivity index (χ0) is 22.6. The Morgan fingerprint density at radius 2 is 1.66 bits per heavy atom. The molecule has 32 heavy (non-hydrogen) atoms. The van der Waals surface area contributed by atoms with Gasteiger partial charge in [-0.25, -0.2) is 0 Å². The third kappa shape index (κ3) is 5.08. The van der Waals surface area contributed by atoms with E-state index in [1.165, 1.54) is 17.8 Å². The molecule has 0 fully saturated rings. The number of halogens is 4. The van der Waals surface area contributed by atoms with Crippen molar-refractivity contribution in [3.63, 3.8) is 0 Å². The van der Waals surface area contributed by atoms with Crippen molar-refractivity contribution in [1.82, 2.24) is 14.8 Å². The molecule has 1 aromatic heterocycles. The highest BCUT2D eigenvalue weighted by Gasteiger charge is 2.31. The standard InChI is InChI=1S/C23H17ClF3N3OS/c24-20-12-5-4-11-19(20)21-28-29-22(32-14-13-31-18-9-2-1-3-10-18)30(21)17-8-6-7-16(15-17)23(25,26)27/h1-12,15H,13-14H2. The molecule has 0 aliphatic carbocycles. The maximum atomic E-state index is 13.3. The predicted octanol–water partition coefficient (Wildman–Crippen LogP) is 6.78. The molecular formula is C23H17ClF3N3OS. The minimum Gasteiger partial charge on any atom is -0.493 e. The number of rotatable bonds is 7. The summed E-state index contributed by atoms with van der Waals surface area (Å²) in [4.78, 5) is 0. The lowest BCUT2D eigenvalue weighted by Gasteiger charge is -2.14. The molecule has 0 aliphatic rings. The van der Waals surface area contributed by atoms with Crippen molar-refractivity contribution in [3.05, 3.63) is 89.4 Å². The Bertz CT molecular complexity index is 1200. The lowest BCUT2D eigenvalue weighted by molar-refractivity contribution is -0.137. The van der Waals surface area contributed by atoms with Gasteiger partial charge in [0, 0.05) is 11.3 Å². The van der Waals surface area contributed by atoms with Crippen LogP contribution in [0.25, 0.3) is 17.1 Å². The lowest BCUT2D eigenvalue weighted by atomic mass is 10.1. The molecule has 0 spiro atoms. The van der Waals surface area contributed by atoms with Gasteiger partial charge in [0.2, 0.25) is 0 Å². The average Bonchev–Trinajstić information content (AvgIpc) is 3.21. The second-order valence-electron chi connectivity index (χ2n) is 6.68. The molecule has 0 unspecified atom stereocenters. The Morgan fingerprint density at radius 1 is 0.906 bits per heavy atom. The van der Waals surface area contributed by atoms with Gasteiger partial charge >= 0.3 is 6.18 Å². The van der Waals surface area contributed by atoms with Crippen LogP contribution in [0.5, 0.6) is 5.75 Å². The third-order valence-electron chi connectivity index (χ3n) is 4.51. The number of hydrogen-bond acceptors (Lipinski definition) is 4. The summed E-state index contributed by atoms with van der Waals surface area (Å²) in [6.45, 7) is 0.394. The highest BCUT2D eigenvalue weighted by Crippen LogP contribution is 2.35. The average molecular weight is 476 g/mol. The zero-order valence-corrected chi connectivity index (χ0v) is 18.2. The van der Waals surface area contributed by atoms with E-state index in [9.17, 15) is 13.2 Å². The first-order valence-corrected chi connectivity index (χ1v) is 11.0. The van der Waals surface area contributed by atoms with Crippen LogP contribution in [0, 0.1) is 0 Å². The monoisotopic (exact) mass is 475 g/mol. The van der Waals surface area contributed by atoms with Crippen molar-refractivity contribution >= 4 is 23.4 Å². The Morgan fingerprint density at radius 3 is 2.41 bits per heavy atom. The Labute approximate surface area is 192 Å². The van der Waals surface area contributed by atoms with Crippen molar-refractivity contribution < 1.29 is 17.9 Å². The molecular weight excluding hydrogens is 459 g/mol. The van der Waals surface area contributed by atoms with Crippen LogP contribution in [-0.2, 0) is 6.18 Å². The molecule has 0 bridgehead atoms. The number of alkyl halides is 3. The van der Waals surface area contributed by atoms with Gasteiger partial charge in [0.15, 0.2) is 11.0 Å². The smallest absolute Gasteiger partial charge is 0.416 e. The van der Waals surface area contributed by atoms with Gasteiger partial charge in [-0.05, 0) is 42.5 Å². The van der Waals surface area contributed by atoms with Gasteiger partial charge < -0.3 is 4.74 Å². The quantitative estimate of drug-likeness (QED) is 0.218. The number of para-hydroxylation sites is 1. The van der Waals surface area contributed by atoms with Gasteiger partial charge in [-0.1, -0.05) is 59.8 Å². The predicted molar refractivity (Wildman–Crippen MR) is 119 cm³/mol. The molecule has 0 amide bonds. The van der Waals surface area contributed by atoms with Crippen LogP contribution < -0.4 is 4.74 Å². The van der Waals surface area contributed by atoms with Gasteiger partial charge in [-0.15, -0.1) is 10.2 Å². The summed E-state index contributed by atoms with van der Waals surface area (Å²) in [5.41, 5.74) is 0.120. The van der Waals surface area contributed by atoms with E-state index in [4.69, 9.17) is 16.3 Å². The summed E-state index contributed by atoms with van der Waals surface area (Å²) >= 11 is 7.67. The minimum absolute atomic E-state index is 0.297. The van der Waals surface area contributed by atoms with E-state index in [0.717, 1.165) is 17.9 Å². The fourth-order valence-corrected chi connectivity index (χ4v) is 4.03. The lowest BCUT2D eigenvalue weighted by Crippen LogP contribution is -2.08. The summed E-state index contributed by atoms with van der Waals surface area (Å²) in [6, 6.07) is 21.4. The molecule has 0 N–H and O–H groups in total. The number of hydrogen-bond donors (Lipinski definition) is 0. The largest absolute Gasteiger partial charge is 0.493 e. The molecule has 0 saturated heterocycles. The number of aromatic nitrogens is 3. The van der Waals surface area contributed by atoms with Crippen molar-refractivity contribution in [2.24, 2.45) is 0 Å².